The van der Waals surface area contributed by atoms with Gasteiger partial charge in [-0.15, -0.1) is 0 Å². The van der Waals surface area contributed by atoms with Crippen LogP contribution in [0.4, 0.5) is 0 Å². The van der Waals surface area contributed by atoms with Crippen LogP contribution in [0.15, 0.2) is 60.7 Å². The van der Waals surface area contributed by atoms with Crippen LogP contribution in [0.1, 0.15) is 53.4 Å². The summed E-state index contributed by atoms with van der Waals surface area (Å²) in [4.78, 5) is 26.5. The molecule has 7 heteroatoms. The maximum atomic E-state index is 13.5. The molecule has 1 N–H and O–H groups in total. The molecule has 5 rings (SSSR count). The lowest BCUT2D eigenvalue weighted by atomic mass is 9.91. The molecule has 0 radical (unpaired) electrons. The summed E-state index contributed by atoms with van der Waals surface area (Å²) in [7, 11) is 0. The molecule has 0 bridgehead atoms. The molecule has 1 amide bonds. The van der Waals surface area contributed by atoms with Gasteiger partial charge in [0.05, 0.1) is 0 Å². The first-order valence-electron chi connectivity index (χ1n) is 12.4. The van der Waals surface area contributed by atoms with Crippen molar-refractivity contribution in [2.75, 3.05) is 6.54 Å². The van der Waals surface area contributed by atoms with Crippen molar-refractivity contribution in [2.45, 2.75) is 57.8 Å². The SMILES string of the molecule is CC1(C)Cc2cc(CN(CC(=O)O)C(=O)c3ccc4c(c3)CC(C)(Cc3ccc(Cl)cc3)O4)ccc2O1. The molecule has 0 saturated heterocycles. The molecule has 1 atom stereocenters. The summed E-state index contributed by atoms with van der Waals surface area (Å²) in [5.74, 6) is 0.205. The second-order valence-electron chi connectivity index (χ2n) is 10.9. The highest BCUT2D eigenvalue weighted by Gasteiger charge is 2.36. The summed E-state index contributed by atoms with van der Waals surface area (Å²) in [5, 5.41) is 10.2. The first-order chi connectivity index (χ1) is 17.5. The Balaban J connectivity index is 1.33. The highest BCUT2D eigenvalue weighted by Crippen LogP contribution is 2.38. The largest absolute Gasteiger partial charge is 0.487 e. The molecule has 0 aliphatic carbocycles. The molecular formula is C30H30ClNO5. The van der Waals surface area contributed by atoms with Gasteiger partial charge < -0.3 is 19.5 Å². The van der Waals surface area contributed by atoms with E-state index in [9.17, 15) is 14.7 Å². The van der Waals surface area contributed by atoms with Crippen molar-refractivity contribution in [1.29, 1.82) is 0 Å². The molecule has 0 aromatic heterocycles. The summed E-state index contributed by atoms with van der Waals surface area (Å²) in [5.41, 5.74) is 3.73. The molecule has 3 aromatic carbocycles. The number of carbonyl (C=O) groups is 2. The van der Waals surface area contributed by atoms with Crippen LogP contribution in [0.5, 0.6) is 11.5 Å². The molecule has 2 aliphatic heterocycles. The summed E-state index contributed by atoms with van der Waals surface area (Å²) in [6, 6.07) is 18.9. The van der Waals surface area contributed by atoms with Gasteiger partial charge in [-0.2, -0.15) is 0 Å². The monoisotopic (exact) mass is 519 g/mol. The van der Waals surface area contributed by atoms with Crippen LogP contribution in [0.25, 0.3) is 0 Å². The van der Waals surface area contributed by atoms with Gasteiger partial charge in [-0.25, -0.2) is 0 Å². The van der Waals surface area contributed by atoms with E-state index >= 15 is 0 Å². The Hall–Kier alpha value is -3.51. The molecule has 192 valence electrons. The van der Waals surface area contributed by atoms with Crippen molar-refractivity contribution in [1.82, 2.24) is 4.90 Å². The number of ether oxygens (including phenoxy) is 2. The van der Waals surface area contributed by atoms with Crippen molar-refractivity contribution in [3.63, 3.8) is 0 Å². The average molecular weight is 520 g/mol. The third-order valence-electron chi connectivity index (χ3n) is 6.83. The van der Waals surface area contributed by atoms with Crippen molar-refractivity contribution in [3.8, 4) is 11.5 Å². The number of fused-ring (bicyclic) bond motifs is 2. The number of carbonyl (C=O) groups excluding carboxylic acids is 1. The fraction of sp³-hybridized carbons (Fsp3) is 0.333. The summed E-state index contributed by atoms with van der Waals surface area (Å²) >= 11 is 6.02. The van der Waals surface area contributed by atoms with Crippen LogP contribution >= 0.6 is 11.6 Å². The minimum Gasteiger partial charge on any atom is -0.487 e. The minimum atomic E-state index is -1.06. The lowest BCUT2D eigenvalue weighted by Gasteiger charge is -2.24. The number of amides is 1. The third kappa shape index (κ3) is 5.59. The van der Waals surface area contributed by atoms with Crippen molar-refractivity contribution >= 4 is 23.5 Å². The van der Waals surface area contributed by atoms with Gasteiger partial charge in [0, 0.05) is 36.4 Å². The van der Waals surface area contributed by atoms with Crippen molar-refractivity contribution in [2.24, 2.45) is 0 Å². The molecule has 0 saturated carbocycles. The van der Waals surface area contributed by atoms with Gasteiger partial charge in [-0.1, -0.05) is 35.9 Å². The van der Waals surface area contributed by atoms with E-state index in [0.29, 0.717) is 23.4 Å². The summed E-state index contributed by atoms with van der Waals surface area (Å²) < 4.78 is 12.2. The molecule has 3 aromatic rings. The number of hydrogen-bond acceptors (Lipinski definition) is 4. The number of carboxylic acids is 1. The van der Waals surface area contributed by atoms with Gasteiger partial charge in [-0.05, 0) is 79.4 Å². The molecule has 6 nitrogen and oxygen atoms in total. The lowest BCUT2D eigenvalue weighted by Crippen LogP contribution is -2.35. The molecule has 37 heavy (non-hydrogen) atoms. The number of carboxylic acid groups (broad SMARTS) is 1. The normalized spacial score (nSPS) is 18.9. The zero-order valence-electron chi connectivity index (χ0n) is 21.2. The van der Waals surface area contributed by atoms with Gasteiger partial charge in [0.15, 0.2) is 0 Å². The van der Waals surface area contributed by atoms with Crippen LogP contribution in [-0.2, 0) is 30.6 Å². The zero-order chi connectivity index (χ0) is 26.4. The second kappa shape index (κ2) is 9.42. The van der Waals surface area contributed by atoms with Gasteiger partial charge in [-0.3, -0.25) is 9.59 Å². The van der Waals surface area contributed by atoms with Crippen LogP contribution in [0.2, 0.25) is 5.02 Å². The summed E-state index contributed by atoms with van der Waals surface area (Å²) in [6.45, 7) is 5.93. The Kier molecular flexibility index (Phi) is 6.40. The van der Waals surface area contributed by atoms with E-state index in [0.717, 1.165) is 40.2 Å². The standard InChI is InChI=1S/C30H30ClNO5/c1-29(2)15-22-12-20(6-10-25(22)36-29)17-32(18-27(33)34)28(35)21-7-11-26-23(13-21)16-30(3,37-26)14-19-4-8-24(31)9-5-19/h4-13H,14-18H2,1-3H3,(H,33,34). The number of nitrogens with zero attached hydrogens (tertiary/aromatic N) is 1. The van der Waals surface area contributed by atoms with Gasteiger partial charge >= 0.3 is 5.97 Å². The van der Waals surface area contributed by atoms with Crippen LogP contribution in [-0.4, -0.2) is 39.6 Å². The van der Waals surface area contributed by atoms with E-state index in [-0.39, 0.29) is 24.6 Å². The molecule has 2 heterocycles. The van der Waals surface area contributed by atoms with E-state index in [1.54, 1.807) is 6.07 Å². The molecule has 0 fully saturated rings. The van der Waals surface area contributed by atoms with E-state index < -0.39 is 11.6 Å². The smallest absolute Gasteiger partial charge is 0.323 e. The zero-order valence-corrected chi connectivity index (χ0v) is 22.0. The van der Waals surface area contributed by atoms with Gasteiger partial charge in [0.25, 0.3) is 5.91 Å². The molecule has 0 spiro atoms. The maximum Gasteiger partial charge on any atom is 0.323 e. The first-order valence-corrected chi connectivity index (χ1v) is 12.7. The minimum absolute atomic E-state index is 0.195. The van der Waals surface area contributed by atoms with E-state index in [1.807, 2.05) is 68.4 Å². The number of benzene rings is 3. The number of halogens is 1. The number of aliphatic carboxylic acids is 1. The Bertz CT molecular complexity index is 1370. The maximum absolute atomic E-state index is 13.5. The summed E-state index contributed by atoms with van der Waals surface area (Å²) in [6.07, 6.45) is 2.11. The predicted molar refractivity (Wildman–Crippen MR) is 142 cm³/mol. The topological polar surface area (TPSA) is 76.1 Å². The number of hydrogen-bond donors (Lipinski definition) is 1. The Morgan fingerprint density at radius 2 is 1.54 bits per heavy atom. The van der Waals surface area contributed by atoms with E-state index in [2.05, 4.69) is 6.92 Å². The molecule has 1 unspecified atom stereocenters. The van der Waals surface area contributed by atoms with E-state index in [4.69, 9.17) is 21.1 Å². The average Bonchev–Trinajstić information content (AvgIpc) is 3.32. The number of rotatable bonds is 7. The van der Waals surface area contributed by atoms with Crippen LogP contribution in [0.3, 0.4) is 0 Å². The Labute approximate surface area is 221 Å². The Morgan fingerprint density at radius 3 is 2.27 bits per heavy atom. The van der Waals surface area contributed by atoms with Crippen molar-refractivity contribution in [3.05, 3.63) is 93.5 Å². The fourth-order valence-corrected chi connectivity index (χ4v) is 5.44. The van der Waals surface area contributed by atoms with Crippen molar-refractivity contribution < 1.29 is 24.2 Å². The third-order valence-corrected chi connectivity index (χ3v) is 7.09. The highest BCUT2D eigenvalue weighted by atomic mass is 35.5. The lowest BCUT2D eigenvalue weighted by molar-refractivity contribution is -0.137. The first kappa shape index (κ1) is 25.2. The molecule has 2 aliphatic rings. The predicted octanol–water partition coefficient (Wildman–Crippen LogP) is 5.72. The van der Waals surface area contributed by atoms with Gasteiger partial charge in [0.2, 0.25) is 0 Å². The van der Waals surface area contributed by atoms with Crippen LogP contribution < -0.4 is 9.47 Å². The highest BCUT2D eigenvalue weighted by molar-refractivity contribution is 6.30. The Morgan fingerprint density at radius 1 is 0.892 bits per heavy atom. The fourth-order valence-electron chi connectivity index (χ4n) is 5.31. The van der Waals surface area contributed by atoms with Crippen LogP contribution in [0, 0.1) is 0 Å². The van der Waals surface area contributed by atoms with Gasteiger partial charge in [0.1, 0.15) is 29.2 Å². The quantitative estimate of drug-likeness (QED) is 0.432. The molecular weight excluding hydrogens is 490 g/mol. The van der Waals surface area contributed by atoms with E-state index in [1.165, 1.54) is 4.90 Å². The second-order valence-corrected chi connectivity index (χ2v) is 11.3.